The molecule has 1 amide bonds. The number of rotatable bonds is 12. The Balaban J connectivity index is 1.06. The molecule has 40 heavy (non-hydrogen) atoms. The summed E-state index contributed by atoms with van der Waals surface area (Å²) in [5, 5.41) is 5.19. The first-order valence-electron chi connectivity index (χ1n) is 14.0. The SMILES string of the molecule is C[C@H](NCc1ccc(OCCCN2CCN(c3cccc4c3ccn4Cc3cccc(Cl)c3)CC2)cc1)C(N)=O. The van der Waals surface area contributed by atoms with Crippen LogP contribution in [0.25, 0.3) is 10.9 Å². The molecule has 1 atom stereocenters. The zero-order valence-electron chi connectivity index (χ0n) is 23.1. The van der Waals surface area contributed by atoms with Crippen molar-refractivity contribution in [3.63, 3.8) is 0 Å². The lowest BCUT2D eigenvalue weighted by Gasteiger charge is -2.36. The van der Waals surface area contributed by atoms with Gasteiger partial charge in [0.25, 0.3) is 0 Å². The molecule has 0 bridgehead atoms. The summed E-state index contributed by atoms with van der Waals surface area (Å²) in [4.78, 5) is 16.2. The molecular weight excluding hydrogens is 522 g/mol. The van der Waals surface area contributed by atoms with E-state index < -0.39 is 0 Å². The minimum atomic E-state index is -0.348. The van der Waals surface area contributed by atoms with Gasteiger partial charge in [0.05, 0.1) is 18.2 Å². The number of carbonyl (C=O) groups is 1. The molecular formula is C32H38ClN5O2. The molecule has 1 aliphatic heterocycles. The maximum absolute atomic E-state index is 11.2. The number of fused-ring (bicyclic) bond motifs is 1. The first-order chi connectivity index (χ1) is 19.5. The number of hydrogen-bond acceptors (Lipinski definition) is 5. The second-order valence-corrected chi connectivity index (χ2v) is 10.9. The van der Waals surface area contributed by atoms with Gasteiger partial charge in [-0.1, -0.05) is 41.9 Å². The van der Waals surface area contributed by atoms with E-state index in [1.807, 2.05) is 42.5 Å². The van der Waals surface area contributed by atoms with Gasteiger partial charge in [0.1, 0.15) is 5.75 Å². The van der Waals surface area contributed by atoms with E-state index in [-0.39, 0.29) is 11.9 Å². The third kappa shape index (κ3) is 7.16. The number of nitrogens with one attached hydrogen (secondary N) is 1. The van der Waals surface area contributed by atoms with Crippen molar-refractivity contribution in [2.75, 3.05) is 44.2 Å². The Morgan fingerprint density at radius 3 is 2.52 bits per heavy atom. The Morgan fingerprint density at radius 1 is 1.00 bits per heavy atom. The van der Waals surface area contributed by atoms with Gasteiger partial charge in [-0.3, -0.25) is 9.69 Å². The van der Waals surface area contributed by atoms with Gasteiger partial charge in [0, 0.05) is 68.1 Å². The van der Waals surface area contributed by atoms with Gasteiger partial charge >= 0.3 is 0 Å². The van der Waals surface area contributed by atoms with Gasteiger partial charge in [-0.2, -0.15) is 0 Å². The Morgan fingerprint density at radius 2 is 1.77 bits per heavy atom. The highest BCUT2D eigenvalue weighted by molar-refractivity contribution is 6.30. The van der Waals surface area contributed by atoms with Crippen molar-refractivity contribution in [1.29, 1.82) is 0 Å². The van der Waals surface area contributed by atoms with Gasteiger partial charge in [-0.25, -0.2) is 0 Å². The summed E-state index contributed by atoms with van der Waals surface area (Å²) in [5.41, 5.74) is 10.2. The summed E-state index contributed by atoms with van der Waals surface area (Å²) in [7, 11) is 0. The lowest BCUT2D eigenvalue weighted by Crippen LogP contribution is -2.46. The number of piperazine rings is 1. The zero-order valence-corrected chi connectivity index (χ0v) is 23.8. The molecule has 0 radical (unpaired) electrons. The predicted octanol–water partition coefficient (Wildman–Crippen LogP) is 4.90. The summed E-state index contributed by atoms with van der Waals surface area (Å²) >= 11 is 6.20. The standard InChI is InChI=1S/C32H38ClN5O2/c1-24(32(34)39)35-22-25-9-11-28(12-10-25)40-20-4-14-36-16-18-37(19-17-36)30-7-3-8-31-29(30)13-15-38(31)23-26-5-2-6-27(33)21-26/h2-3,5-13,15,21,24,35H,4,14,16-20,22-23H2,1H3,(H2,34,39)/t24-/m0/s1. The number of nitrogens with two attached hydrogens (primary N) is 1. The number of anilines is 1. The average Bonchev–Trinajstić information content (AvgIpc) is 3.37. The fourth-order valence-electron chi connectivity index (χ4n) is 5.22. The van der Waals surface area contributed by atoms with Crippen LogP contribution in [0.5, 0.6) is 5.75 Å². The summed E-state index contributed by atoms with van der Waals surface area (Å²) in [6.07, 6.45) is 3.17. The van der Waals surface area contributed by atoms with Crippen LogP contribution in [-0.2, 0) is 17.9 Å². The van der Waals surface area contributed by atoms with E-state index >= 15 is 0 Å². The average molecular weight is 560 g/mol. The molecule has 210 valence electrons. The Kier molecular flexibility index (Phi) is 9.26. The van der Waals surface area contributed by atoms with Crippen LogP contribution in [0.3, 0.4) is 0 Å². The highest BCUT2D eigenvalue weighted by atomic mass is 35.5. The van der Waals surface area contributed by atoms with E-state index in [0.29, 0.717) is 13.2 Å². The van der Waals surface area contributed by atoms with Gasteiger partial charge in [-0.15, -0.1) is 0 Å². The maximum atomic E-state index is 11.2. The van der Waals surface area contributed by atoms with Crippen LogP contribution in [0.4, 0.5) is 5.69 Å². The molecule has 5 rings (SSSR count). The Bertz CT molecular complexity index is 1410. The second-order valence-electron chi connectivity index (χ2n) is 10.5. The van der Waals surface area contributed by atoms with E-state index in [0.717, 1.165) is 62.0 Å². The summed E-state index contributed by atoms with van der Waals surface area (Å²) in [5.74, 6) is 0.520. The summed E-state index contributed by atoms with van der Waals surface area (Å²) in [6, 6.07) is 24.6. The highest BCUT2D eigenvalue weighted by Crippen LogP contribution is 2.29. The normalized spacial score (nSPS) is 14.9. The molecule has 4 aromatic rings. The van der Waals surface area contributed by atoms with E-state index in [1.165, 1.54) is 22.2 Å². The molecule has 1 aromatic heterocycles. The molecule has 3 N–H and O–H groups in total. The van der Waals surface area contributed by atoms with Crippen LogP contribution in [0.1, 0.15) is 24.5 Å². The van der Waals surface area contributed by atoms with E-state index in [9.17, 15) is 4.79 Å². The fraction of sp³-hybridized carbons (Fsp3) is 0.344. The minimum absolute atomic E-state index is 0.348. The minimum Gasteiger partial charge on any atom is -0.494 e. The zero-order chi connectivity index (χ0) is 27.9. The topological polar surface area (TPSA) is 75.8 Å². The van der Waals surface area contributed by atoms with Gasteiger partial charge in [0.15, 0.2) is 0 Å². The van der Waals surface area contributed by atoms with Crippen molar-refractivity contribution < 1.29 is 9.53 Å². The molecule has 0 saturated carbocycles. The van der Waals surface area contributed by atoms with E-state index in [2.05, 4.69) is 56.2 Å². The van der Waals surface area contributed by atoms with Crippen molar-refractivity contribution in [1.82, 2.24) is 14.8 Å². The maximum Gasteiger partial charge on any atom is 0.234 e. The molecule has 1 saturated heterocycles. The van der Waals surface area contributed by atoms with Gasteiger partial charge in [-0.05, 0) is 66.9 Å². The first-order valence-corrected chi connectivity index (χ1v) is 14.4. The van der Waals surface area contributed by atoms with Crippen LogP contribution in [0.2, 0.25) is 5.02 Å². The largest absolute Gasteiger partial charge is 0.494 e. The number of halogens is 1. The Hall–Kier alpha value is -3.52. The molecule has 3 aromatic carbocycles. The van der Waals surface area contributed by atoms with Crippen LogP contribution >= 0.6 is 11.6 Å². The fourth-order valence-corrected chi connectivity index (χ4v) is 5.43. The summed E-state index contributed by atoms with van der Waals surface area (Å²) < 4.78 is 8.27. The van der Waals surface area contributed by atoms with Crippen molar-refractivity contribution >= 4 is 34.1 Å². The van der Waals surface area contributed by atoms with Gasteiger partial charge < -0.3 is 25.3 Å². The second kappa shape index (κ2) is 13.2. The highest BCUT2D eigenvalue weighted by Gasteiger charge is 2.19. The van der Waals surface area contributed by atoms with Crippen LogP contribution < -0.4 is 20.7 Å². The van der Waals surface area contributed by atoms with Crippen LogP contribution in [0.15, 0.2) is 79.0 Å². The van der Waals surface area contributed by atoms with Crippen LogP contribution in [-0.4, -0.2) is 60.7 Å². The molecule has 1 fully saturated rings. The number of amides is 1. The third-order valence-electron chi connectivity index (χ3n) is 7.60. The number of nitrogens with zero attached hydrogens (tertiary/aromatic N) is 3. The third-order valence-corrected chi connectivity index (χ3v) is 7.83. The van der Waals surface area contributed by atoms with Crippen molar-refractivity contribution in [3.8, 4) is 5.75 Å². The van der Waals surface area contributed by atoms with Gasteiger partial charge in [0.2, 0.25) is 5.91 Å². The quantitative estimate of drug-likeness (QED) is 0.242. The van der Waals surface area contributed by atoms with Crippen molar-refractivity contribution in [3.05, 3.63) is 95.1 Å². The lowest BCUT2D eigenvalue weighted by molar-refractivity contribution is -0.119. The predicted molar refractivity (Wildman–Crippen MR) is 163 cm³/mol. The monoisotopic (exact) mass is 559 g/mol. The number of aromatic nitrogens is 1. The summed E-state index contributed by atoms with van der Waals surface area (Å²) in [6.45, 7) is 9.02. The molecule has 8 heteroatoms. The first kappa shape index (κ1) is 28.0. The Labute approximate surface area is 241 Å². The number of benzene rings is 3. The molecule has 0 unspecified atom stereocenters. The van der Waals surface area contributed by atoms with Crippen molar-refractivity contribution in [2.45, 2.75) is 32.5 Å². The molecule has 2 heterocycles. The molecule has 7 nitrogen and oxygen atoms in total. The van der Waals surface area contributed by atoms with E-state index in [4.69, 9.17) is 22.1 Å². The van der Waals surface area contributed by atoms with Crippen LogP contribution in [0, 0.1) is 0 Å². The number of hydrogen-bond donors (Lipinski definition) is 2. The smallest absolute Gasteiger partial charge is 0.234 e. The number of ether oxygens (including phenoxy) is 1. The molecule has 0 aliphatic carbocycles. The van der Waals surface area contributed by atoms with Crippen molar-refractivity contribution in [2.24, 2.45) is 5.73 Å². The lowest BCUT2D eigenvalue weighted by atomic mass is 10.1. The molecule has 0 spiro atoms. The number of carbonyl (C=O) groups excluding carboxylic acids is 1. The molecule has 1 aliphatic rings. The van der Waals surface area contributed by atoms with E-state index in [1.54, 1.807) is 6.92 Å². The number of primary amides is 1.